The van der Waals surface area contributed by atoms with E-state index in [2.05, 4.69) is 34.6 Å². The second kappa shape index (κ2) is 8.68. The van der Waals surface area contributed by atoms with Gasteiger partial charge in [0, 0.05) is 23.3 Å². The van der Waals surface area contributed by atoms with Crippen molar-refractivity contribution in [2.45, 2.75) is 131 Å². The molecule has 0 aromatic carbocycles. The Hall–Kier alpha value is -1.16. The fourth-order valence-corrected chi connectivity index (χ4v) is 11.1. The lowest BCUT2D eigenvalue weighted by Gasteiger charge is -2.70. The largest absolute Gasteiger partial charge is 0.455 e. The minimum Gasteiger partial charge on any atom is -0.455 e. The molecule has 0 radical (unpaired) electrons. The topological polar surface area (TPSA) is 63.6 Å². The second-order valence-electron chi connectivity index (χ2n) is 14.4. The van der Waals surface area contributed by atoms with Crippen LogP contribution in [0.2, 0.25) is 0 Å². The average Bonchev–Trinajstić information content (AvgIpc) is 3.12. The van der Waals surface area contributed by atoms with Gasteiger partial charge in [0.1, 0.15) is 11.9 Å². The zero-order chi connectivity index (χ0) is 26.3. The predicted octanol–water partition coefficient (Wildman–Crippen LogP) is 7.03. The van der Waals surface area contributed by atoms with Crippen LogP contribution in [0, 0.1) is 45.3 Å². The van der Waals surface area contributed by atoms with Crippen molar-refractivity contribution in [3.05, 3.63) is 11.1 Å². The van der Waals surface area contributed by atoms with Crippen LogP contribution in [0.4, 0.5) is 0 Å². The van der Waals surface area contributed by atoms with Gasteiger partial charge < -0.3 is 9.84 Å². The van der Waals surface area contributed by atoms with Gasteiger partial charge in [-0.15, -0.1) is 0 Å². The molecular weight excluding hydrogens is 448 g/mol. The number of fused-ring (bicyclic) bond motifs is 6. The minimum atomic E-state index is -0.605. The number of aliphatic hydroxyl groups excluding tert-OH is 1. The van der Waals surface area contributed by atoms with E-state index in [9.17, 15) is 14.7 Å². The Morgan fingerprint density at radius 3 is 2.39 bits per heavy atom. The highest BCUT2D eigenvalue weighted by Crippen LogP contribution is 2.75. The lowest BCUT2D eigenvalue weighted by Crippen LogP contribution is -2.65. The van der Waals surface area contributed by atoms with Crippen LogP contribution in [0.5, 0.6) is 0 Å². The summed E-state index contributed by atoms with van der Waals surface area (Å²) >= 11 is 0. The van der Waals surface area contributed by atoms with Crippen molar-refractivity contribution >= 4 is 11.8 Å². The molecule has 36 heavy (non-hydrogen) atoms. The van der Waals surface area contributed by atoms with Gasteiger partial charge in [-0.1, -0.05) is 54.4 Å². The van der Waals surface area contributed by atoms with Crippen LogP contribution in [0.15, 0.2) is 11.1 Å². The zero-order valence-corrected chi connectivity index (χ0v) is 23.9. The Kier molecular flexibility index (Phi) is 6.38. The highest BCUT2D eigenvalue weighted by molar-refractivity contribution is 5.96. The van der Waals surface area contributed by atoms with Crippen molar-refractivity contribution in [2.24, 2.45) is 45.3 Å². The van der Waals surface area contributed by atoms with Crippen LogP contribution in [-0.4, -0.2) is 29.1 Å². The first-order chi connectivity index (χ1) is 16.9. The van der Waals surface area contributed by atoms with Gasteiger partial charge >= 0.3 is 5.97 Å². The van der Waals surface area contributed by atoms with E-state index in [0.717, 1.165) is 30.4 Å². The van der Waals surface area contributed by atoms with Crippen molar-refractivity contribution in [1.29, 1.82) is 0 Å². The summed E-state index contributed by atoms with van der Waals surface area (Å²) in [6.07, 6.45) is 10.3. The van der Waals surface area contributed by atoms with Gasteiger partial charge in [-0.2, -0.15) is 0 Å². The first-order valence-electron chi connectivity index (χ1n) is 15.0. The molecule has 4 aliphatic carbocycles. The van der Waals surface area contributed by atoms with E-state index in [-0.39, 0.29) is 41.0 Å². The molecule has 1 aliphatic heterocycles. The van der Waals surface area contributed by atoms with Crippen LogP contribution in [0.25, 0.3) is 0 Å². The Morgan fingerprint density at radius 2 is 1.72 bits per heavy atom. The van der Waals surface area contributed by atoms with Crippen molar-refractivity contribution in [2.75, 3.05) is 0 Å². The van der Waals surface area contributed by atoms with Crippen LogP contribution >= 0.6 is 0 Å². The quantitative estimate of drug-likeness (QED) is 0.413. The Labute approximate surface area is 219 Å². The number of aliphatic hydroxyl groups is 1. The summed E-state index contributed by atoms with van der Waals surface area (Å²) in [5, 5.41) is 10.5. The first kappa shape index (κ1) is 26.4. The van der Waals surface area contributed by atoms with Gasteiger partial charge in [-0.25, -0.2) is 4.79 Å². The maximum Gasteiger partial charge on any atom is 0.335 e. The third kappa shape index (κ3) is 3.41. The minimum absolute atomic E-state index is 0.108. The number of Topliss-reactive ketones (excluding diaryl/α,β-unsaturated/α-hetero) is 1. The third-order valence-electron chi connectivity index (χ3n) is 13.0. The van der Waals surface area contributed by atoms with Gasteiger partial charge in [0.2, 0.25) is 0 Å². The number of hydrogen-bond acceptors (Lipinski definition) is 4. The summed E-state index contributed by atoms with van der Waals surface area (Å²) < 4.78 is 5.80. The molecule has 0 spiro atoms. The van der Waals surface area contributed by atoms with Crippen LogP contribution in [0.1, 0.15) is 119 Å². The van der Waals surface area contributed by atoms with E-state index in [1.807, 2.05) is 13.8 Å². The number of esters is 1. The van der Waals surface area contributed by atoms with Crippen LogP contribution in [0.3, 0.4) is 0 Å². The summed E-state index contributed by atoms with van der Waals surface area (Å²) in [5.74, 6) is 1.21. The molecular formula is C32H50O4. The van der Waals surface area contributed by atoms with Crippen LogP contribution < -0.4 is 0 Å². The maximum atomic E-state index is 14.1. The van der Waals surface area contributed by atoms with Crippen LogP contribution in [-0.2, 0) is 14.3 Å². The van der Waals surface area contributed by atoms with Crippen molar-refractivity contribution in [3.63, 3.8) is 0 Å². The van der Waals surface area contributed by atoms with Crippen molar-refractivity contribution in [3.8, 4) is 0 Å². The van der Waals surface area contributed by atoms with E-state index >= 15 is 0 Å². The molecule has 5 aliphatic rings. The molecule has 0 saturated heterocycles. The zero-order valence-electron chi connectivity index (χ0n) is 23.9. The standard InChI is InChI=1S/C32H50O4/c1-8-20(33)17-23(34)22-18-26-30(5)15-10-14-29(4,9-2)24(30)13-16-31(26,6)25-12-11-21-19(3)36-28(35)27(21)32(22,25)7/h19-20,22,24-26,33H,8-18H2,1-7H3/t19-,20?,22+,24+,25+,26-,29?,30+,31+,32+/m1/s1. The normalized spacial score (nSPS) is 48.9. The van der Waals surface area contributed by atoms with Gasteiger partial charge in [0.15, 0.2) is 0 Å². The highest BCUT2D eigenvalue weighted by Gasteiger charge is 2.69. The number of ether oxygens (including phenoxy) is 1. The molecule has 0 aromatic rings. The molecule has 3 saturated carbocycles. The molecule has 0 aromatic heterocycles. The summed E-state index contributed by atoms with van der Waals surface area (Å²) in [5.41, 5.74) is 2.18. The molecule has 202 valence electrons. The molecule has 5 rings (SSSR count). The molecule has 1 heterocycles. The smallest absolute Gasteiger partial charge is 0.335 e. The molecule has 2 unspecified atom stereocenters. The lowest BCUT2D eigenvalue weighted by atomic mass is 9.33. The fourth-order valence-electron chi connectivity index (χ4n) is 11.1. The molecule has 4 heteroatoms. The van der Waals surface area contributed by atoms with Gasteiger partial charge in [-0.05, 0) is 97.9 Å². The fraction of sp³-hybridized carbons (Fsp3) is 0.875. The Morgan fingerprint density at radius 1 is 1.03 bits per heavy atom. The summed E-state index contributed by atoms with van der Waals surface area (Å²) in [7, 11) is 0. The van der Waals surface area contributed by atoms with E-state index in [1.165, 1.54) is 38.5 Å². The summed E-state index contributed by atoms with van der Waals surface area (Å²) in [6.45, 7) is 16.2. The SMILES string of the molecule is CCC(O)CC(=O)[C@@H]1C[C@@H]2[C@@]3(C)CCCC(C)(CC)[C@@H]3CC[C@@]2(C)[C@@H]2CCC3=C(C(=O)O[C@@H]3C)[C@@]12C. The first-order valence-corrected chi connectivity index (χ1v) is 15.0. The molecule has 0 amide bonds. The maximum absolute atomic E-state index is 14.1. The Bertz CT molecular complexity index is 967. The third-order valence-corrected chi connectivity index (χ3v) is 13.0. The molecule has 3 fully saturated rings. The number of carbonyl (C=O) groups is 2. The van der Waals surface area contributed by atoms with E-state index < -0.39 is 11.5 Å². The van der Waals surface area contributed by atoms with Gasteiger partial charge in [0.05, 0.1) is 6.10 Å². The van der Waals surface area contributed by atoms with E-state index in [1.54, 1.807) is 0 Å². The average molecular weight is 499 g/mol. The van der Waals surface area contributed by atoms with E-state index in [4.69, 9.17) is 4.74 Å². The van der Waals surface area contributed by atoms with Gasteiger partial charge in [0.25, 0.3) is 0 Å². The number of cyclic esters (lactones) is 1. The second-order valence-corrected chi connectivity index (χ2v) is 14.4. The Balaban J connectivity index is 1.64. The summed E-state index contributed by atoms with van der Waals surface area (Å²) in [6, 6.07) is 0. The number of hydrogen-bond donors (Lipinski definition) is 1. The molecule has 4 nitrogen and oxygen atoms in total. The van der Waals surface area contributed by atoms with E-state index in [0.29, 0.717) is 29.6 Å². The van der Waals surface area contributed by atoms with Gasteiger partial charge in [-0.3, -0.25) is 4.79 Å². The molecule has 10 atom stereocenters. The monoisotopic (exact) mass is 498 g/mol. The number of rotatable bonds is 5. The molecule has 1 N–H and O–H groups in total. The predicted molar refractivity (Wildman–Crippen MR) is 142 cm³/mol. The highest BCUT2D eigenvalue weighted by atomic mass is 16.5. The summed E-state index contributed by atoms with van der Waals surface area (Å²) in [4.78, 5) is 27.5. The number of carbonyl (C=O) groups excluding carboxylic acids is 2. The van der Waals surface area contributed by atoms with Crippen molar-refractivity contribution < 1.29 is 19.4 Å². The molecule has 0 bridgehead atoms. The number of ketones is 1. The lowest BCUT2D eigenvalue weighted by molar-refractivity contribution is -0.207. The van der Waals surface area contributed by atoms with Crippen molar-refractivity contribution in [1.82, 2.24) is 0 Å².